The van der Waals surface area contributed by atoms with Crippen LogP contribution in [0.4, 0.5) is 11.4 Å². The summed E-state index contributed by atoms with van der Waals surface area (Å²) in [6, 6.07) is 15.0. The zero-order chi connectivity index (χ0) is 17.7. The van der Waals surface area contributed by atoms with Crippen LogP contribution in [0.2, 0.25) is 0 Å². The van der Waals surface area contributed by atoms with Gasteiger partial charge in [0.15, 0.2) is 0 Å². The van der Waals surface area contributed by atoms with Gasteiger partial charge < -0.3 is 5.32 Å². The van der Waals surface area contributed by atoms with Crippen molar-refractivity contribution < 1.29 is 8.42 Å². The predicted octanol–water partition coefficient (Wildman–Crippen LogP) is 4.93. The van der Waals surface area contributed by atoms with Gasteiger partial charge in [-0.05, 0) is 55.7 Å². The second kappa shape index (κ2) is 7.91. The number of hydrogen-bond acceptors (Lipinski definition) is 3. The summed E-state index contributed by atoms with van der Waals surface area (Å²) in [5.41, 5.74) is 2.36. The number of anilines is 2. The Balaban J connectivity index is 1.67. The van der Waals surface area contributed by atoms with E-state index in [-0.39, 0.29) is 0 Å². The minimum atomic E-state index is -3.56. The SMILES string of the molecule is Cc1ccccc1S(=O)(=O)Nc1ccc(NC2CCCCCC2)cc1. The van der Waals surface area contributed by atoms with Gasteiger partial charge in [0.2, 0.25) is 0 Å². The van der Waals surface area contributed by atoms with E-state index in [9.17, 15) is 8.42 Å². The first kappa shape index (κ1) is 17.8. The third kappa shape index (κ3) is 4.75. The standard InChI is InChI=1S/C20H26N2O2S/c1-16-8-6-7-11-20(16)25(23,24)22-19-14-12-18(13-15-19)21-17-9-4-2-3-5-10-17/h6-8,11-15,17,21-22H,2-5,9-10H2,1H3. The molecule has 0 atom stereocenters. The molecule has 1 fully saturated rings. The fourth-order valence-corrected chi connectivity index (χ4v) is 4.67. The Morgan fingerprint density at radius 1 is 0.840 bits per heavy atom. The van der Waals surface area contributed by atoms with E-state index in [4.69, 9.17) is 0 Å². The van der Waals surface area contributed by atoms with E-state index >= 15 is 0 Å². The molecule has 0 spiro atoms. The lowest BCUT2D eigenvalue weighted by atomic mass is 10.1. The van der Waals surface area contributed by atoms with Crippen LogP contribution in [0.25, 0.3) is 0 Å². The summed E-state index contributed by atoms with van der Waals surface area (Å²) in [5, 5.41) is 3.57. The van der Waals surface area contributed by atoms with Crippen molar-refractivity contribution in [2.75, 3.05) is 10.0 Å². The number of hydrogen-bond donors (Lipinski definition) is 2. The van der Waals surface area contributed by atoms with Gasteiger partial charge in [-0.25, -0.2) is 8.42 Å². The highest BCUT2D eigenvalue weighted by Gasteiger charge is 2.16. The van der Waals surface area contributed by atoms with Gasteiger partial charge in [0.25, 0.3) is 10.0 Å². The summed E-state index contributed by atoms with van der Waals surface area (Å²) in [6.45, 7) is 1.80. The monoisotopic (exact) mass is 358 g/mol. The minimum Gasteiger partial charge on any atom is -0.382 e. The summed E-state index contributed by atoms with van der Waals surface area (Å²) in [4.78, 5) is 0.315. The number of aryl methyl sites for hydroxylation is 1. The first-order chi connectivity index (χ1) is 12.0. The summed E-state index contributed by atoms with van der Waals surface area (Å²) >= 11 is 0. The molecule has 2 aromatic rings. The van der Waals surface area contributed by atoms with Crippen molar-refractivity contribution in [2.24, 2.45) is 0 Å². The van der Waals surface area contributed by atoms with Gasteiger partial charge >= 0.3 is 0 Å². The fourth-order valence-electron chi connectivity index (χ4n) is 3.36. The van der Waals surface area contributed by atoms with Crippen LogP contribution in [0, 0.1) is 6.92 Å². The maximum absolute atomic E-state index is 12.5. The highest BCUT2D eigenvalue weighted by atomic mass is 32.2. The van der Waals surface area contributed by atoms with Crippen LogP contribution in [0.3, 0.4) is 0 Å². The fraction of sp³-hybridized carbons (Fsp3) is 0.400. The molecule has 1 aliphatic carbocycles. The van der Waals surface area contributed by atoms with E-state index in [2.05, 4.69) is 10.0 Å². The van der Waals surface area contributed by atoms with E-state index in [0.717, 1.165) is 11.3 Å². The third-order valence-electron chi connectivity index (χ3n) is 4.75. The van der Waals surface area contributed by atoms with Crippen LogP contribution >= 0.6 is 0 Å². The van der Waals surface area contributed by atoms with Crippen LogP contribution in [0.15, 0.2) is 53.4 Å². The van der Waals surface area contributed by atoms with Crippen LogP contribution in [-0.2, 0) is 10.0 Å². The van der Waals surface area contributed by atoms with Gasteiger partial charge in [-0.3, -0.25) is 4.72 Å². The maximum Gasteiger partial charge on any atom is 0.262 e. The van der Waals surface area contributed by atoms with Crippen molar-refractivity contribution in [1.82, 2.24) is 0 Å². The van der Waals surface area contributed by atoms with Crippen LogP contribution in [-0.4, -0.2) is 14.5 Å². The lowest BCUT2D eigenvalue weighted by molar-refractivity contribution is 0.600. The molecule has 3 rings (SSSR count). The topological polar surface area (TPSA) is 58.2 Å². The van der Waals surface area contributed by atoms with E-state index in [1.807, 2.05) is 30.3 Å². The Hall–Kier alpha value is -2.01. The molecule has 2 aromatic carbocycles. The predicted molar refractivity (Wildman–Crippen MR) is 104 cm³/mol. The molecule has 134 valence electrons. The first-order valence-electron chi connectivity index (χ1n) is 9.00. The van der Waals surface area contributed by atoms with Gasteiger partial charge in [-0.15, -0.1) is 0 Å². The summed E-state index contributed by atoms with van der Waals surface area (Å²) in [5.74, 6) is 0. The van der Waals surface area contributed by atoms with E-state index in [1.165, 1.54) is 38.5 Å². The summed E-state index contributed by atoms with van der Waals surface area (Å²) < 4.78 is 27.7. The summed E-state index contributed by atoms with van der Waals surface area (Å²) in [7, 11) is -3.56. The smallest absolute Gasteiger partial charge is 0.262 e. The number of sulfonamides is 1. The molecule has 0 heterocycles. The third-order valence-corrected chi connectivity index (χ3v) is 6.29. The molecular formula is C20H26N2O2S. The molecule has 1 saturated carbocycles. The molecule has 0 radical (unpaired) electrons. The average Bonchev–Trinajstić information content (AvgIpc) is 2.85. The van der Waals surface area contributed by atoms with Crippen molar-refractivity contribution in [3.63, 3.8) is 0 Å². The van der Waals surface area contributed by atoms with Crippen LogP contribution in [0.1, 0.15) is 44.1 Å². The zero-order valence-electron chi connectivity index (χ0n) is 14.7. The van der Waals surface area contributed by atoms with Gasteiger partial charge in [0.1, 0.15) is 0 Å². The van der Waals surface area contributed by atoms with Crippen molar-refractivity contribution >= 4 is 21.4 Å². The van der Waals surface area contributed by atoms with Crippen LogP contribution < -0.4 is 10.0 Å². The molecule has 4 nitrogen and oxygen atoms in total. The molecule has 1 aliphatic rings. The molecule has 0 amide bonds. The second-order valence-electron chi connectivity index (χ2n) is 6.78. The molecule has 0 aromatic heterocycles. The van der Waals surface area contributed by atoms with Gasteiger partial charge in [-0.2, -0.15) is 0 Å². The van der Waals surface area contributed by atoms with E-state index in [1.54, 1.807) is 25.1 Å². The summed E-state index contributed by atoms with van der Waals surface area (Å²) in [6.07, 6.45) is 7.65. The molecule has 25 heavy (non-hydrogen) atoms. The van der Waals surface area contributed by atoms with Gasteiger partial charge in [0, 0.05) is 17.4 Å². The Morgan fingerprint density at radius 3 is 2.08 bits per heavy atom. The number of rotatable bonds is 5. The Morgan fingerprint density at radius 2 is 1.44 bits per heavy atom. The zero-order valence-corrected chi connectivity index (χ0v) is 15.5. The highest BCUT2D eigenvalue weighted by molar-refractivity contribution is 7.92. The molecule has 0 aliphatic heterocycles. The van der Waals surface area contributed by atoms with E-state index in [0.29, 0.717) is 16.6 Å². The lowest BCUT2D eigenvalue weighted by Gasteiger charge is -2.18. The first-order valence-corrected chi connectivity index (χ1v) is 10.5. The molecule has 0 unspecified atom stereocenters. The number of benzene rings is 2. The maximum atomic E-state index is 12.5. The molecule has 0 bridgehead atoms. The number of nitrogens with one attached hydrogen (secondary N) is 2. The average molecular weight is 359 g/mol. The molecular weight excluding hydrogens is 332 g/mol. The van der Waals surface area contributed by atoms with Gasteiger partial charge in [0.05, 0.1) is 4.90 Å². The molecule has 5 heteroatoms. The molecule has 2 N–H and O–H groups in total. The lowest BCUT2D eigenvalue weighted by Crippen LogP contribution is -2.18. The normalized spacial score (nSPS) is 16.2. The van der Waals surface area contributed by atoms with Crippen LogP contribution in [0.5, 0.6) is 0 Å². The molecule has 0 saturated heterocycles. The Labute approximate surface area is 150 Å². The Bertz CT molecular complexity index is 793. The van der Waals surface area contributed by atoms with E-state index < -0.39 is 10.0 Å². The Kier molecular flexibility index (Phi) is 5.63. The highest BCUT2D eigenvalue weighted by Crippen LogP contribution is 2.23. The largest absolute Gasteiger partial charge is 0.382 e. The quantitative estimate of drug-likeness (QED) is 0.745. The minimum absolute atomic E-state index is 0.315. The van der Waals surface area contributed by atoms with Gasteiger partial charge in [-0.1, -0.05) is 43.9 Å². The van der Waals surface area contributed by atoms with Crippen molar-refractivity contribution in [3.05, 3.63) is 54.1 Å². The van der Waals surface area contributed by atoms with Crippen molar-refractivity contribution in [3.8, 4) is 0 Å². The van der Waals surface area contributed by atoms with Crippen molar-refractivity contribution in [1.29, 1.82) is 0 Å². The second-order valence-corrected chi connectivity index (χ2v) is 8.43. The van der Waals surface area contributed by atoms with Crippen molar-refractivity contribution in [2.45, 2.75) is 56.4 Å².